The van der Waals surface area contributed by atoms with E-state index in [1.807, 2.05) is 24.3 Å². The summed E-state index contributed by atoms with van der Waals surface area (Å²) in [7, 11) is 0. The number of aromatic nitrogens is 3. The van der Waals surface area contributed by atoms with Gasteiger partial charge in [-0.25, -0.2) is 13.8 Å². The zero-order valence-electron chi connectivity index (χ0n) is 18.3. The van der Waals surface area contributed by atoms with E-state index in [1.54, 1.807) is 6.20 Å². The molecule has 4 aromatic rings. The number of hydrogen-bond donors (Lipinski definition) is 2. The molecule has 5 rings (SSSR count). The maximum absolute atomic E-state index is 13.6. The first-order chi connectivity index (χ1) is 16.5. The van der Waals surface area contributed by atoms with Gasteiger partial charge in [0.05, 0.1) is 15.7 Å². The fourth-order valence-corrected chi connectivity index (χ4v) is 5.08. The first kappa shape index (κ1) is 23.0. The molecule has 2 N–H and O–H groups in total. The smallest absolute Gasteiger partial charge is 0.224 e. The predicted molar refractivity (Wildman–Crippen MR) is 132 cm³/mol. The number of nitrogens with one attached hydrogen (secondary N) is 2. The molecule has 3 heterocycles. The molecule has 1 atom stereocenters. The van der Waals surface area contributed by atoms with Crippen molar-refractivity contribution in [2.45, 2.75) is 31.8 Å². The largest absolute Gasteiger partial charge is 0.350 e. The summed E-state index contributed by atoms with van der Waals surface area (Å²) in [5.41, 5.74) is 3.05. The van der Waals surface area contributed by atoms with Crippen LogP contribution in [0, 0.1) is 11.6 Å². The lowest BCUT2D eigenvalue weighted by Gasteiger charge is -2.21. The molecular formula is C25H23Cl2F2N5. The first-order valence-corrected chi connectivity index (χ1v) is 12.0. The summed E-state index contributed by atoms with van der Waals surface area (Å²) in [6, 6.07) is 11.5. The van der Waals surface area contributed by atoms with Crippen molar-refractivity contribution in [2.75, 3.05) is 18.4 Å². The summed E-state index contributed by atoms with van der Waals surface area (Å²) in [6.07, 6.45) is 4.75. The normalized spacial score (nSPS) is 16.5. The van der Waals surface area contributed by atoms with Gasteiger partial charge in [-0.2, -0.15) is 4.98 Å². The molecule has 0 saturated carbocycles. The van der Waals surface area contributed by atoms with Gasteiger partial charge < -0.3 is 15.2 Å². The molecule has 9 heteroatoms. The van der Waals surface area contributed by atoms with Gasteiger partial charge in [0, 0.05) is 29.7 Å². The lowest BCUT2D eigenvalue weighted by molar-refractivity contribution is 0.468. The Labute approximate surface area is 206 Å². The Balaban J connectivity index is 1.57. The van der Waals surface area contributed by atoms with Crippen LogP contribution in [0.2, 0.25) is 10.0 Å². The summed E-state index contributed by atoms with van der Waals surface area (Å²) in [4.78, 5) is 9.24. The van der Waals surface area contributed by atoms with Crippen molar-refractivity contribution in [2.24, 2.45) is 0 Å². The number of halogens is 4. The quantitative estimate of drug-likeness (QED) is 0.323. The number of benzene rings is 2. The molecule has 5 nitrogen and oxygen atoms in total. The Morgan fingerprint density at radius 1 is 1.03 bits per heavy atom. The van der Waals surface area contributed by atoms with Gasteiger partial charge in [-0.05, 0) is 68.2 Å². The molecule has 0 radical (unpaired) electrons. The molecule has 2 aromatic heterocycles. The average Bonchev–Trinajstić information content (AvgIpc) is 2.98. The fraction of sp³-hybridized carbons (Fsp3) is 0.280. The molecule has 176 valence electrons. The number of nitrogens with zero attached hydrogens (tertiary/aromatic N) is 3. The third-order valence-electron chi connectivity index (χ3n) is 6.14. The first-order valence-electron chi connectivity index (χ1n) is 11.2. The molecule has 0 aliphatic carbocycles. The van der Waals surface area contributed by atoms with Crippen LogP contribution in [-0.2, 0) is 6.54 Å². The summed E-state index contributed by atoms with van der Waals surface area (Å²) in [5, 5.41) is 8.61. The van der Waals surface area contributed by atoms with Crippen LogP contribution in [0.5, 0.6) is 0 Å². The van der Waals surface area contributed by atoms with Crippen molar-refractivity contribution >= 4 is 40.2 Å². The van der Waals surface area contributed by atoms with Crippen LogP contribution in [0.3, 0.4) is 0 Å². The van der Waals surface area contributed by atoms with Crippen LogP contribution in [0.15, 0.2) is 48.7 Å². The number of anilines is 1. The van der Waals surface area contributed by atoms with E-state index in [9.17, 15) is 8.78 Å². The standard InChI is InChI=1S/C25H23Cl2F2N5/c26-18-4-1-5-19(27)23(18)22-12-16-14-32-25(31-13-15-6-7-20(28)21(29)11-15)33-24(16)34(22)17-3-2-9-30-10-8-17/h1,4-7,11-12,14,17,30H,2-3,8-10,13H2,(H,31,32,33). The maximum atomic E-state index is 13.6. The van der Waals surface area contributed by atoms with E-state index in [0.29, 0.717) is 21.6 Å². The highest BCUT2D eigenvalue weighted by Gasteiger charge is 2.24. The van der Waals surface area contributed by atoms with Crippen LogP contribution in [0.25, 0.3) is 22.3 Å². The molecule has 0 spiro atoms. The molecule has 1 aliphatic heterocycles. The van der Waals surface area contributed by atoms with E-state index in [4.69, 9.17) is 28.2 Å². The minimum absolute atomic E-state index is 0.212. The Hall–Kier alpha value is -2.74. The summed E-state index contributed by atoms with van der Waals surface area (Å²) in [5.74, 6) is -1.35. The van der Waals surface area contributed by atoms with E-state index in [1.165, 1.54) is 12.1 Å². The van der Waals surface area contributed by atoms with Gasteiger partial charge in [0.2, 0.25) is 5.95 Å². The fourth-order valence-electron chi connectivity index (χ4n) is 4.49. The molecule has 1 unspecified atom stereocenters. The zero-order valence-corrected chi connectivity index (χ0v) is 19.8. The van der Waals surface area contributed by atoms with Crippen molar-refractivity contribution in [3.8, 4) is 11.3 Å². The van der Waals surface area contributed by atoms with Crippen molar-refractivity contribution in [3.05, 3.63) is 75.9 Å². The van der Waals surface area contributed by atoms with Crippen LogP contribution in [0.4, 0.5) is 14.7 Å². The minimum Gasteiger partial charge on any atom is -0.350 e. The van der Waals surface area contributed by atoms with Crippen molar-refractivity contribution in [1.29, 1.82) is 0 Å². The lowest BCUT2D eigenvalue weighted by Crippen LogP contribution is -2.16. The lowest BCUT2D eigenvalue weighted by atomic mass is 10.1. The third kappa shape index (κ3) is 4.60. The van der Waals surface area contributed by atoms with Crippen LogP contribution in [-0.4, -0.2) is 27.6 Å². The van der Waals surface area contributed by atoms with Crippen LogP contribution >= 0.6 is 23.2 Å². The topological polar surface area (TPSA) is 54.8 Å². The highest BCUT2D eigenvalue weighted by atomic mass is 35.5. The van der Waals surface area contributed by atoms with Gasteiger partial charge in [-0.15, -0.1) is 0 Å². The Bertz CT molecular complexity index is 1310. The molecule has 2 aromatic carbocycles. The van der Waals surface area contributed by atoms with Gasteiger partial charge >= 0.3 is 0 Å². The monoisotopic (exact) mass is 501 g/mol. The van der Waals surface area contributed by atoms with Gasteiger partial charge in [0.15, 0.2) is 11.6 Å². The summed E-state index contributed by atoms with van der Waals surface area (Å²) >= 11 is 13.2. The van der Waals surface area contributed by atoms with Gasteiger partial charge in [-0.3, -0.25) is 0 Å². The zero-order chi connectivity index (χ0) is 23.7. The van der Waals surface area contributed by atoms with E-state index >= 15 is 0 Å². The maximum Gasteiger partial charge on any atom is 0.224 e. The molecular weight excluding hydrogens is 479 g/mol. The van der Waals surface area contributed by atoms with E-state index < -0.39 is 11.6 Å². The van der Waals surface area contributed by atoms with Gasteiger partial charge in [0.1, 0.15) is 5.65 Å². The van der Waals surface area contributed by atoms with Crippen molar-refractivity contribution < 1.29 is 8.78 Å². The second-order valence-corrected chi connectivity index (χ2v) is 9.22. The Kier molecular flexibility index (Phi) is 6.68. The molecule has 1 aliphatic rings. The second kappa shape index (κ2) is 9.86. The van der Waals surface area contributed by atoms with E-state index in [-0.39, 0.29) is 12.6 Å². The van der Waals surface area contributed by atoms with E-state index in [2.05, 4.69) is 20.2 Å². The van der Waals surface area contributed by atoms with Gasteiger partial charge in [-0.1, -0.05) is 35.3 Å². The molecule has 1 saturated heterocycles. The van der Waals surface area contributed by atoms with E-state index in [0.717, 1.165) is 60.7 Å². The highest BCUT2D eigenvalue weighted by Crippen LogP contribution is 2.40. The highest BCUT2D eigenvalue weighted by molar-refractivity contribution is 6.39. The van der Waals surface area contributed by atoms with Crippen molar-refractivity contribution in [3.63, 3.8) is 0 Å². The Morgan fingerprint density at radius 3 is 2.65 bits per heavy atom. The number of fused-ring (bicyclic) bond motifs is 1. The molecule has 34 heavy (non-hydrogen) atoms. The summed E-state index contributed by atoms with van der Waals surface area (Å²) in [6.45, 7) is 2.15. The van der Waals surface area contributed by atoms with Crippen molar-refractivity contribution in [1.82, 2.24) is 19.9 Å². The molecule has 1 fully saturated rings. The van der Waals surface area contributed by atoms with Gasteiger partial charge in [0.25, 0.3) is 0 Å². The number of hydrogen-bond acceptors (Lipinski definition) is 4. The third-order valence-corrected chi connectivity index (χ3v) is 6.77. The average molecular weight is 502 g/mol. The van der Waals surface area contributed by atoms with Crippen LogP contribution < -0.4 is 10.6 Å². The Morgan fingerprint density at radius 2 is 1.85 bits per heavy atom. The summed E-state index contributed by atoms with van der Waals surface area (Å²) < 4.78 is 29.0. The molecule has 0 amide bonds. The second-order valence-electron chi connectivity index (χ2n) is 8.41. The predicted octanol–water partition coefficient (Wildman–Crippen LogP) is 6.61. The molecule has 0 bridgehead atoms. The minimum atomic E-state index is -0.882. The van der Waals surface area contributed by atoms with Crippen LogP contribution in [0.1, 0.15) is 30.9 Å². The SMILES string of the molecule is Fc1ccc(CNc2ncc3cc(-c4c(Cl)cccc4Cl)n(C4CCCNCC4)c3n2)cc1F. The number of rotatable bonds is 5.